The number of carbonyl (C=O) groups is 1. The van der Waals surface area contributed by atoms with Crippen molar-refractivity contribution in [3.63, 3.8) is 0 Å². The fraction of sp³-hybridized carbons (Fsp3) is 0.421. The van der Waals surface area contributed by atoms with Crippen molar-refractivity contribution in [2.75, 3.05) is 43.1 Å². The van der Waals surface area contributed by atoms with Crippen LogP contribution in [0.4, 0.5) is 10.3 Å². The number of aromatic nitrogens is 2. The quantitative estimate of drug-likeness (QED) is 0.645. The zero-order valence-electron chi connectivity index (χ0n) is 16.6. The smallest absolute Gasteiger partial charge is 0.241 e. The Morgan fingerprint density at radius 1 is 1.17 bits per heavy atom. The van der Waals surface area contributed by atoms with E-state index in [1.54, 1.807) is 23.4 Å². The Balaban J connectivity index is 1.67. The number of hydrogen-bond acceptors (Lipinski definition) is 7. The van der Waals surface area contributed by atoms with Crippen LogP contribution in [0.3, 0.4) is 0 Å². The van der Waals surface area contributed by atoms with Crippen molar-refractivity contribution in [1.29, 1.82) is 0 Å². The molecule has 2 aromatic rings. The molecule has 1 aromatic carbocycles. The highest BCUT2D eigenvalue weighted by Gasteiger charge is 2.31. The van der Waals surface area contributed by atoms with E-state index in [0.29, 0.717) is 44.3 Å². The lowest BCUT2D eigenvalue weighted by atomic mass is 10.2. The second-order valence-electron chi connectivity index (χ2n) is 6.77. The van der Waals surface area contributed by atoms with E-state index in [-0.39, 0.29) is 10.8 Å². The number of rotatable bonds is 8. The van der Waals surface area contributed by atoms with E-state index in [1.165, 1.54) is 23.9 Å². The Morgan fingerprint density at radius 3 is 2.40 bits per heavy atom. The maximum atomic E-state index is 13.1. The van der Waals surface area contributed by atoms with Crippen molar-refractivity contribution in [3.8, 4) is 0 Å². The molecule has 0 saturated carbocycles. The lowest BCUT2D eigenvalue weighted by Crippen LogP contribution is -2.55. The molecular formula is C19H24FN5O3S2. The van der Waals surface area contributed by atoms with E-state index < -0.39 is 21.9 Å². The molecule has 0 radical (unpaired) electrons. The van der Waals surface area contributed by atoms with Crippen LogP contribution in [-0.4, -0.2) is 73.4 Å². The van der Waals surface area contributed by atoms with Crippen LogP contribution in [0.2, 0.25) is 0 Å². The van der Waals surface area contributed by atoms with Crippen LogP contribution in [0.25, 0.3) is 0 Å². The average Bonchev–Trinajstić information content (AvgIpc) is 2.77. The minimum Gasteiger partial charge on any atom is -0.338 e. The van der Waals surface area contributed by atoms with Gasteiger partial charge in [0.1, 0.15) is 11.9 Å². The molecular weight excluding hydrogens is 429 g/mol. The Kier molecular flexibility index (Phi) is 7.62. The van der Waals surface area contributed by atoms with Gasteiger partial charge < -0.3 is 9.80 Å². The standard InChI is InChI=1S/C19H24FN5O3S2/c1-29-14-7-17(23-30(27,28)16-5-3-15(20)4-6-16)18(26)24-10-12-25(13-11-24)19-21-8-2-9-22-19/h2-6,8-9,17,23H,7,10-14H2,1H3/t17-/m1/s1. The highest BCUT2D eigenvalue weighted by molar-refractivity contribution is 7.98. The third-order valence-corrected chi connectivity index (χ3v) is 6.89. The summed E-state index contributed by atoms with van der Waals surface area (Å²) in [5.74, 6) is 0.452. The second kappa shape index (κ2) is 10.2. The summed E-state index contributed by atoms with van der Waals surface area (Å²) in [7, 11) is -3.95. The molecule has 1 fully saturated rings. The number of sulfonamides is 1. The Labute approximate surface area is 179 Å². The molecule has 0 bridgehead atoms. The Hall–Kier alpha value is -2.24. The molecule has 30 heavy (non-hydrogen) atoms. The van der Waals surface area contributed by atoms with Crippen LogP contribution in [0, 0.1) is 5.82 Å². The molecule has 1 aromatic heterocycles. The van der Waals surface area contributed by atoms with Crippen LogP contribution in [0.1, 0.15) is 6.42 Å². The Bertz CT molecular complexity index is 936. The number of benzene rings is 1. The first-order valence-electron chi connectivity index (χ1n) is 9.48. The third-order valence-electron chi connectivity index (χ3n) is 4.76. The zero-order valence-corrected chi connectivity index (χ0v) is 18.2. The van der Waals surface area contributed by atoms with Crippen molar-refractivity contribution < 1.29 is 17.6 Å². The summed E-state index contributed by atoms with van der Waals surface area (Å²) < 4.78 is 41.1. The number of amides is 1. The normalized spacial score (nSPS) is 15.8. The molecule has 0 unspecified atom stereocenters. The largest absolute Gasteiger partial charge is 0.338 e. The molecule has 1 aliphatic heterocycles. The number of halogens is 1. The predicted octanol–water partition coefficient (Wildman–Crippen LogP) is 1.36. The molecule has 0 aliphatic carbocycles. The molecule has 162 valence electrons. The Morgan fingerprint density at radius 2 is 1.80 bits per heavy atom. The van der Waals surface area contributed by atoms with Gasteiger partial charge in [-0.05, 0) is 48.8 Å². The van der Waals surface area contributed by atoms with Gasteiger partial charge in [0.05, 0.1) is 4.90 Å². The van der Waals surface area contributed by atoms with Gasteiger partial charge in [0, 0.05) is 38.6 Å². The van der Waals surface area contributed by atoms with Crippen LogP contribution in [-0.2, 0) is 14.8 Å². The maximum absolute atomic E-state index is 13.1. The van der Waals surface area contributed by atoms with Crippen molar-refractivity contribution in [2.45, 2.75) is 17.4 Å². The van der Waals surface area contributed by atoms with Gasteiger partial charge in [-0.15, -0.1) is 0 Å². The van der Waals surface area contributed by atoms with Gasteiger partial charge in [-0.2, -0.15) is 16.5 Å². The average molecular weight is 454 g/mol. The molecule has 3 rings (SSSR count). The van der Waals surface area contributed by atoms with Gasteiger partial charge in [-0.1, -0.05) is 0 Å². The molecule has 1 saturated heterocycles. The van der Waals surface area contributed by atoms with Gasteiger partial charge >= 0.3 is 0 Å². The van der Waals surface area contributed by atoms with Crippen LogP contribution >= 0.6 is 11.8 Å². The highest BCUT2D eigenvalue weighted by atomic mass is 32.2. The minimum atomic E-state index is -3.95. The van der Waals surface area contributed by atoms with E-state index in [1.807, 2.05) is 11.2 Å². The summed E-state index contributed by atoms with van der Waals surface area (Å²) >= 11 is 1.54. The molecule has 1 N–H and O–H groups in total. The van der Waals surface area contributed by atoms with Crippen molar-refractivity contribution in [2.24, 2.45) is 0 Å². The molecule has 11 heteroatoms. The first-order valence-corrected chi connectivity index (χ1v) is 12.4. The first kappa shape index (κ1) is 22.4. The SMILES string of the molecule is CSCC[C@@H](NS(=O)(=O)c1ccc(F)cc1)C(=O)N1CCN(c2ncccn2)CC1. The summed E-state index contributed by atoms with van der Waals surface area (Å²) in [4.78, 5) is 25.1. The molecule has 1 atom stereocenters. The number of anilines is 1. The molecule has 1 aliphatic rings. The van der Waals surface area contributed by atoms with E-state index in [2.05, 4.69) is 14.7 Å². The fourth-order valence-corrected chi connectivity index (χ4v) is 4.83. The van der Waals surface area contributed by atoms with Gasteiger partial charge in [0.2, 0.25) is 21.9 Å². The number of nitrogens with zero attached hydrogens (tertiary/aromatic N) is 4. The fourth-order valence-electron chi connectivity index (χ4n) is 3.14. The number of piperazine rings is 1. The van der Waals surface area contributed by atoms with Gasteiger partial charge in [-0.3, -0.25) is 4.79 Å². The monoisotopic (exact) mass is 453 g/mol. The summed E-state index contributed by atoms with van der Waals surface area (Å²) in [5, 5.41) is 0. The van der Waals surface area contributed by atoms with Crippen LogP contribution < -0.4 is 9.62 Å². The maximum Gasteiger partial charge on any atom is 0.241 e. The third kappa shape index (κ3) is 5.67. The van der Waals surface area contributed by atoms with E-state index >= 15 is 0 Å². The second-order valence-corrected chi connectivity index (χ2v) is 9.47. The predicted molar refractivity (Wildman–Crippen MR) is 114 cm³/mol. The summed E-state index contributed by atoms with van der Waals surface area (Å²) in [6, 6.07) is 5.40. The van der Waals surface area contributed by atoms with E-state index in [0.717, 1.165) is 12.1 Å². The number of thioether (sulfide) groups is 1. The van der Waals surface area contributed by atoms with Crippen molar-refractivity contribution in [3.05, 3.63) is 48.5 Å². The number of hydrogen-bond donors (Lipinski definition) is 1. The molecule has 1 amide bonds. The molecule has 0 spiro atoms. The van der Waals surface area contributed by atoms with E-state index in [4.69, 9.17) is 0 Å². The van der Waals surface area contributed by atoms with E-state index in [9.17, 15) is 17.6 Å². The van der Waals surface area contributed by atoms with Crippen LogP contribution in [0.15, 0.2) is 47.6 Å². The highest BCUT2D eigenvalue weighted by Crippen LogP contribution is 2.15. The lowest BCUT2D eigenvalue weighted by Gasteiger charge is -2.36. The minimum absolute atomic E-state index is 0.0723. The number of carbonyl (C=O) groups excluding carboxylic acids is 1. The zero-order chi connectivity index (χ0) is 21.6. The van der Waals surface area contributed by atoms with Crippen molar-refractivity contribution >= 4 is 33.6 Å². The van der Waals surface area contributed by atoms with Gasteiger partial charge in [0.25, 0.3) is 0 Å². The van der Waals surface area contributed by atoms with Crippen molar-refractivity contribution in [1.82, 2.24) is 19.6 Å². The molecule has 2 heterocycles. The molecule has 8 nitrogen and oxygen atoms in total. The number of nitrogens with one attached hydrogen (secondary N) is 1. The lowest BCUT2D eigenvalue weighted by molar-refractivity contribution is -0.133. The summed E-state index contributed by atoms with van der Waals surface area (Å²) in [6.07, 6.45) is 5.60. The summed E-state index contributed by atoms with van der Waals surface area (Å²) in [5.41, 5.74) is 0. The van der Waals surface area contributed by atoms with Gasteiger partial charge in [0.15, 0.2) is 0 Å². The topological polar surface area (TPSA) is 95.5 Å². The first-order chi connectivity index (χ1) is 14.4. The summed E-state index contributed by atoms with van der Waals surface area (Å²) in [6.45, 7) is 2.03. The van der Waals surface area contributed by atoms with Crippen LogP contribution in [0.5, 0.6) is 0 Å². The van der Waals surface area contributed by atoms with Gasteiger partial charge in [-0.25, -0.2) is 22.8 Å².